The second-order valence-corrected chi connectivity index (χ2v) is 5.27. The van der Waals surface area contributed by atoms with Crippen molar-refractivity contribution in [3.63, 3.8) is 0 Å². The first kappa shape index (κ1) is 13.3. The third-order valence-electron chi connectivity index (χ3n) is 3.09. The SMILES string of the molecule is CC1CN(c2cc(Cl)cc(Cl)c2)CCN1C(=O)O. The van der Waals surface area contributed by atoms with Gasteiger partial charge in [-0.15, -0.1) is 0 Å². The van der Waals surface area contributed by atoms with Crippen molar-refractivity contribution in [3.05, 3.63) is 28.2 Å². The van der Waals surface area contributed by atoms with Crippen molar-refractivity contribution in [1.29, 1.82) is 0 Å². The molecular weight excluding hydrogens is 275 g/mol. The number of carbonyl (C=O) groups is 1. The fourth-order valence-corrected chi connectivity index (χ4v) is 2.71. The number of halogens is 2. The van der Waals surface area contributed by atoms with E-state index in [4.69, 9.17) is 28.3 Å². The Balaban J connectivity index is 2.14. The number of nitrogens with zero attached hydrogens (tertiary/aromatic N) is 2. The van der Waals surface area contributed by atoms with Gasteiger partial charge in [-0.25, -0.2) is 4.79 Å². The maximum absolute atomic E-state index is 11.0. The summed E-state index contributed by atoms with van der Waals surface area (Å²) in [5, 5.41) is 10.2. The summed E-state index contributed by atoms with van der Waals surface area (Å²) >= 11 is 11.9. The highest BCUT2D eigenvalue weighted by Crippen LogP contribution is 2.27. The van der Waals surface area contributed by atoms with Gasteiger partial charge in [0.25, 0.3) is 0 Å². The van der Waals surface area contributed by atoms with Crippen molar-refractivity contribution in [3.8, 4) is 0 Å². The Morgan fingerprint density at radius 1 is 1.28 bits per heavy atom. The Labute approximate surface area is 116 Å². The molecule has 1 aliphatic rings. The molecule has 0 bridgehead atoms. The summed E-state index contributed by atoms with van der Waals surface area (Å²) in [6, 6.07) is 5.32. The summed E-state index contributed by atoms with van der Waals surface area (Å²) in [6.07, 6.45) is -0.869. The second kappa shape index (κ2) is 5.24. The molecule has 1 saturated heterocycles. The van der Waals surface area contributed by atoms with E-state index in [1.807, 2.05) is 19.1 Å². The molecule has 1 aromatic rings. The summed E-state index contributed by atoms with van der Waals surface area (Å²) in [7, 11) is 0. The largest absolute Gasteiger partial charge is 0.465 e. The molecule has 1 fully saturated rings. The minimum absolute atomic E-state index is 0.0472. The van der Waals surface area contributed by atoms with Crippen LogP contribution in [0.15, 0.2) is 18.2 Å². The van der Waals surface area contributed by atoms with E-state index in [-0.39, 0.29) is 6.04 Å². The standard InChI is InChI=1S/C12H14Cl2N2O2/c1-8-7-15(2-3-16(8)12(17)18)11-5-9(13)4-10(14)6-11/h4-6,8H,2-3,7H2,1H3,(H,17,18). The molecule has 0 aromatic heterocycles. The molecule has 2 rings (SSSR count). The van der Waals surface area contributed by atoms with Gasteiger partial charge in [-0.2, -0.15) is 0 Å². The number of hydrogen-bond acceptors (Lipinski definition) is 2. The van der Waals surface area contributed by atoms with Crippen LogP contribution in [0.25, 0.3) is 0 Å². The van der Waals surface area contributed by atoms with Crippen molar-refractivity contribution in [1.82, 2.24) is 4.90 Å². The summed E-state index contributed by atoms with van der Waals surface area (Å²) in [5.41, 5.74) is 0.935. The van der Waals surface area contributed by atoms with Gasteiger partial charge < -0.3 is 14.9 Å². The van der Waals surface area contributed by atoms with E-state index in [0.717, 1.165) is 5.69 Å². The molecular formula is C12H14Cl2N2O2. The number of amides is 1. The first-order chi connectivity index (χ1) is 8.47. The van der Waals surface area contributed by atoms with E-state index < -0.39 is 6.09 Å². The lowest BCUT2D eigenvalue weighted by Gasteiger charge is -2.39. The summed E-state index contributed by atoms with van der Waals surface area (Å²) in [5.74, 6) is 0. The topological polar surface area (TPSA) is 43.8 Å². The van der Waals surface area contributed by atoms with Gasteiger partial charge in [0.15, 0.2) is 0 Å². The maximum Gasteiger partial charge on any atom is 0.407 e. The molecule has 1 aromatic carbocycles. The van der Waals surface area contributed by atoms with E-state index in [2.05, 4.69) is 4.90 Å². The van der Waals surface area contributed by atoms with Gasteiger partial charge in [0.05, 0.1) is 0 Å². The average molecular weight is 289 g/mol. The number of benzene rings is 1. The molecule has 1 amide bonds. The lowest BCUT2D eigenvalue weighted by molar-refractivity contribution is 0.122. The molecule has 1 heterocycles. The van der Waals surface area contributed by atoms with Crippen molar-refractivity contribution in [2.75, 3.05) is 24.5 Å². The Bertz CT molecular complexity index is 447. The highest BCUT2D eigenvalue weighted by Gasteiger charge is 2.27. The van der Waals surface area contributed by atoms with Crippen molar-refractivity contribution in [2.45, 2.75) is 13.0 Å². The Kier molecular flexibility index (Phi) is 3.88. The average Bonchev–Trinajstić information content (AvgIpc) is 2.26. The highest BCUT2D eigenvalue weighted by molar-refractivity contribution is 6.35. The first-order valence-corrected chi connectivity index (χ1v) is 6.43. The molecule has 1 aliphatic heterocycles. The lowest BCUT2D eigenvalue weighted by atomic mass is 10.1. The molecule has 18 heavy (non-hydrogen) atoms. The highest BCUT2D eigenvalue weighted by atomic mass is 35.5. The third-order valence-corrected chi connectivity index (χ3v) is 3.52. The van der Waals surface area contributed by atoms with Gasteiger partial charge >= 0.3 is 6.09 Å². The molecule has 0 radical (unpaired) electrons. The quantitative estimate of drug-likeness (QED) is 0.863. The zero-order chi connectivity index (χ0) is 13.3. The van der Waals surface area contributed by atoms with Gasteiger partial charge in [-0.3, -0.25) is 0 Å². The predicted octanol–water partition coefficient (Wildman–Crippen LogP) is 3.18. The van der Waals surface area contributed by atoms with Gasteiger partial charge in [0, 0.05) is 41.4 Å². The van der Waals surface area contributed by atoms with Crippen LogP contribution in [0.2, 0.25) is 10.0 Å². The number of anilines is 1. The summed E-state index contributed by atoms with van der Waals surface area (Å²) in [6.45, 7) is 3.67. The lowest BCUT2D eigenvalue weighted by Crippen LogP contribution is -2.53. The summed E-state index contributed by atoms with van der Waals surface area (Å²) in [4.78, 5) is 14.5. The van der Waals surface area contributed by atoms with Crippen LogP contribution >= 0.6 is 23.2 Å². The van der Waals surface area contributed by atoms with Crippen molar-refractivity contribution < 1.29 is 9.90 Å². The zero-order valence-electron chi connectivity index (χ0n) is 9.94. The van der Waals surface area contributed by atoms with Gasteiger partial charge in [-0.05, 0) is 25.1 Å². The molecule has 1 unspecified atom stereocenters. The van der Waals surface area contributed by atoms with Crippen molar-refractivity contribution >= 4 is 35.0 Å². The van der Waals surface area contributed by atoms with Crippen LogP contribution in [0.3, 0.4) is 0 Å². The van der Waals surface area contributed by atoms with E-state index >= 15 is 0 Å². The summed E-state index contributed by atoms with van der Waals surface area (Å²) < 4.78 is 0. The van der Waals surface area contributed by atoms with E-state index in [1.165, 1.54) is 4.90 Å². The van der Waals surface area contributed by atoms with Gasteiger partial charge in [0.1, 0.15) is 0 Å². The monoisotopic (exact) mass is 288 g/mol. The molecule has 1 N–H and O–H groups in total. The number of hydrogen-bond donors (Lipinski definition) is 1. The fraction of sp³-hybridized carbons (Fsp3) is 0.417. The van der Waals surface area contributed by atoms with Crippen LogP contribution in [0.4, 0.5) is 10.5 Å². The predicted molar refractivity (Wildman–Crippen MR) is 72.9 cm³/mol. The van der Waals surface area contributed by atoms with Crippen LogP contribution in [0, 0.1) is 0 Å². The maximum atomic E-state index is 11.0. The minimum Gasteiger partial charge on any atom is -0.465 e. The zero-order valence-corrected chi connectivity index (χ0v) is 11.4. The Morgan fingerprint density at radius 3 is 2.39 bits per heavy atom. The molecule has 0 spiro atoms. The fourth-order valence-electron chi connectivity index (χ4n) is 2.20. The smallest absolute Gasteiger partial charge is 0.407 e. The van der Waals surface area contributed by atoms with Crippen LogP contribution in [-0.4, -0.2) is 41.8 Å². The van der Waals surface area contributed by atoms with Gasteiger partial charge in [-0.1, -0.05) is 23.2 Å². The number of rotatable bonds is 1. The number of piperazine rings is 1. The van der Waals surface area contributed by atoms with E-state index in [9.17, 15) is 4.79 Å². The van der Waals surface area contributed by atoms with Gasteiger partial charge in [0.2, 0.25) is 0 Å². The first-order valence-electron chi connectivity index (χ1n) is 5.68. The van der Waals surface area contributed by atoms with Crippen molar-refractivity contribution in [2.24, 2.45) is 0 Å². The van der Waals surface area contributed by atoms with Crippen LogP contribution in [0.1, 0.15) is 6.92 Å². The Hall–Kier alpha value is -1.13. The molecule has 98 valence electrons. The van der Waals surface area contributed by atoms with Crippen LogP contribution in [0.5, 0.6) is 0 Å². The van der Waals surface area contributed by atoms with Crippen LogP contribution < -0.4 is 4.90 Å². The molecule has 0 saturated carbocycles. The molecule has 0 aliphatic carbocycles. The molecule has 1 atom stereocenters. The second-order valence-electron chi connectivity index (χ2n) is 4.40. The van der Waals surface area contributed by atoms with E-state index in [0.29, 0.717) is 29.7 Å². The molecule has 4 nitrogen and oxygen atoms in total. The third kappa shape index (κ3) is 2.82. The molecule has 6 heteroatoms. The van der Waals surface area contributed by atoms with Crippen LogP contribution in [-0.2, 0) is 0 Å². The normalized spacial score (nSPS) is 20.1. The Morgan fingerprint density at radius 2 is 1.89 bits per heavy atom. The number of carboxylic acid groups (broad SMARTS) is 1. The van der Waals surface area contributed by atoms with E-state index in [1.54, 1.807) is 6.07 Å². The minimum atomic E-state index is -0.869.